The molecule has 3 aromatic rings. The fourth-order valence-corrected chi connectivity index (χ4v) is 4.21. The van der Waals surface area contributed by atoms with Crippen molar-refractivity contribution >= 4 is 49.8 Å². The number of rotatable bonds is 4. The zero-order valence-corrected chi connectivity index (χ0v) is 14.9. The van der Waals surface area contributed by atoms with Gasteiger partial charge in [-0.15, -0.1) is 11.3 Å². The second kappa shape index (κ2) is 6.21. The van der Waals surface area contributed by atoms with E-state index in [1.54, 1.807) is 25.1 Å². The van der Waals surface area contributed by atoms with Gasteiger partial charge in [0.15, 0.2) is 11.3 Å². The van der Waals surface area contributed by atoms with E-state index in [1.807, 2.05) is 6.07 Å². The first kappa shape index (κ1) is 17.0. The molecule has 126 valence electrons. The van der Waals surface area contributed by atoms with Gasteiger partial charge in [0.2, 0.25) is 10.0 Å². The summed E-state index contributed by atoms with van der Waals surface area (Å²) in [6.45, 7) is 1.95. The van der Waals surface area contributed by atoms with Crippen LogP contribution in [0.15, 0.2) is 39.0 Å². The van der Waals surface area contributed by atoms with Crippen LogP contribution < -0.4 is 10.5 Å². The number of hydrogen-bond donors (Lipinski definition) is 2. The highest BCUT2D eigenvalue weighted by Gasteiger charge is 2.19. The van der Waals surface area contributed by atoms with E-state index in [-0.39, 0.29) is 16.5 Å². The van der Waals surface area contributed by atoms with Crippen LogP contribution >= 0.6 is 22.9 Å². The van der Waals surface area contributed by atoms with E-state index >= 15 is 0 Å². The highest BCUT2D eigenvalue weighted by molar-refractivity contribution is 7.91. The summed E-state index contributed by atoms with van der Waals surface area (Å²) in [7, 11) is -3.73. The lowest BCUT2D eigenvalue weighted by molar-refractivity contribution is 0.0925. The van der Waals surface area contributed by atoms with Crippen molar-refractivity contribution in [3.8, 4) is 0 Å². The fourth-order valence-electron chi connectivity index (χ4n) is 2.28. The van der Waals surface area contributed by atoms with E-state index in [0.717, 1.165) is 16.7 Å². The maximum atomic E-state index is 12.3. The van der Waals surface area contributed by atoms with Crippen LogP contribution in [-0.4, -0.2) is 14.3 Å². The molecule has 0 unspecified atom stereocenters. The Hall–Kier alpha value is -1.87. The molecule has 0 saturated carbocycles. The van der Waals surface area contributed by atoms with E-state index in [2.05, 4.69) is 5.32 Å². The van der Waals surface area contributed by atoms with Gasteiger partial charge in [-0.3, -0.25) is 4.79 Å². The first-order valence-corrected chi connectivity index (χ1v) is 9.59. The monoisotopic (exact) mass is 384 g/mol. The van der Waals surface area contributed by atoms with E-state index in [0.29, 0.717) is 21.0 Å². The molecule has 0 aliphatic rings. The number of benzene rings is 1. The van der Waals surface area contributed by atoms with Gasteiger partial charge in [-0.25, -0.2) is 13.6 Å². The molecule has 0 atom stereocenters. The van der Waals surface area contributed by atoms with Gasteiger partial charge >= 0.3 is 0 Å². The Morgan fingerprint density at radius 2 is 2.08 bits per heavy atom. The van der Waals surface area contributed by atoms with Crippen LogP contribution in [0.25, 0.3) is 11.0 Å². The van der Waals surface area contributed by atoms with Crippen molar-refractivity contribution in [2.75, 3.05) is 0 Å². The third-order valence-corrected chi connectivity index (χ3v) is 6.28. The van der Waals surface area contributed by atoms with Gasteiger partial charge in [0.05, 0.1) is 11.6 Å². The normalized spacial score (nSPS) is 11.8. The molecule has 0 saturated heterocycles. The first-order valence-electron chi connectivity index (χ1n) is 6.84. The van der Waals surface area contributed by atoms with E-state index in [1.165, 1.54) is 6.07 Å². The van der Waals surface area contributed by atoms with Crippen molar-refractivity contribution in [3.63, 3.8) is 0 Å². The lowest BCUT2D eigenvalue weighted by Gasteiger charge is -2.01. The molecule has 2 aromatic heterocycles. The zero-order chi connectivity index (χ0) is 17.5. The van der Waals surface area contributed by atoms with Gasteiger partial charge in [0, 0.05) is 15.8 Å². The fraction of sp³-hybridized carbons (Fsp3) is 0.133. The Morgan fingerprint density at radius 3 is 2.71 bits per heavy atom. The Bertz CT molecular complexity index is 1040. The molecular weight excluding hydrogens is 372 g/mol. The predicted molar refractivity (Wildman–Crippen MR) is 92.8 cm³/mol. The Kier molecular flexibility index (Phi) is 4.39. The second-order valence-electron chi connectivity index (χ2n) is 5.12. The summed E-state index contributed by atoms with van der Waals surface area (Å²) in [6.07, 6.45) is 0. The van der Waals surface area contributed by atoms with Crippen molar-refractivity contribution < 1.29 is 17.6 Å². The average molecular weight is 385 g/mol. The molecule has 0 bridgehead atoms. The van der Waals surface area contributed by atoms with Gasteiger partial charge in [0.25, 0.3) is 5.91 Å². The molecule has 1 aromatic carbocycles. The number of fused-ring (bicyclic) bond motifs is 1. The van der Waals surface area contributed by atoms with Crippen molar-refractivity contribution in [3.05, 3.63) is 51.6 Å². The van der Waals surface area contributed by atoms with Crippen molar-refractivity contribution in [2.45, 2.75) is 17.7 Å². The van der Waals surface area contributed by atoms with Gasteiger partial charge in [-0.05, 0) is 25.1 Å². The number of amides is 1. The molecule has 9 heteroatoms. The summed E-state index contributed by atoms with van der Waals surface area (Å²) < 4.78 is 28.1. The molecule has 1 amide bonds. The minimum Gasteiger partial charge on any atom is -0.449 e. The highest BCUT2D eigenvalue weighted by Crippen LogP contribution is 2.30. The molecule has 6 nitrogen and oxygen atoms in total. The average Bonchev–Trinajstić information content (AvgIpc) is 3.11. The molecule has 3 rings (SSSR count). The zero-order valence-electron chi connectivity index (χ0n) is 12.5. The third kappa shape index (κ3) is 3.18. The number of nitrogens with two attached hydrogens (primary N) is 1. The molecule has 0 aliphatic carbocycles. The minimum atomic E-state index is -3.73. The molecule has 2 heterocycles. The second-order valence-corrected chi connectivity index (χ2v) is 8.48. The lowest BCUT2D eigenvalue weighted by Crippen LogP contribution is -2.22. The summed E-state index contributed by atoms with van der Waals surface area (Å²) in [5, 5.41) is 8.98. The lowest BCUT2D eigenvalue weighted by atomic mass is 10.1. The van der Waals surface area contributed by atoms with Gasteiger partial charge in [-0.1, -0.05) is 23.7 Å². The largest absolute Gasteiger partial charge is 0.449 e. The van der Waals surface area contributed by atoms with Crippen molar-refractivity contribution in [1.29, 1.82) is 0 Å². The van der Waals surface area contributed by atoms with Crippen LogP contribution in [-0.2, 0) is 16.6 Å². The van der Waals surface area contributed by atoms with Crippen LogP contribution in [0.1, 0.15) is 21.0 Å². The van der Waals surface area contributed by atoms with Gasteiger partial charge in [-0.2, -0.15) is 0 Å². The molecule has 0 fully saturated rings. The summed E-state index contributed by atoms with van der Waals surface area (Å²) in [5.74, 6) is -0.216. The number of sulfonamides is 1. The number of thiophene rings is 1. The number of hydrogen-bond acceptors (Lipinski definition) is 5. The van der Waals surface area contributed by atoms with E-state index < -0.39 is 15.9 Å². The topological polar surface area (TPSA) is 102 Å². The molecule has 0 aliphatic heterocycles. The van der Waals surface area contributed by atoms with E-state index in [9.17, 15) is 13.2 Å². The predicted octanol–water partition coefficient (Wildman–Crippen LogP) is 3.03. The molecule has 3 N–H and O–H groups in total. The number of para-hydroxylation sites is 1. The Labute approximate surface area is 147 Å². The molecular formula is C15H13ClN2O4S2. The first-order chi connectivity index (χ1) is 11.3. The van der Waals surface area contributed by atoms with Crippen LogP contribution in [0.4, 0.5) is 0 Å². The SMILES string of the molecule is Cc1c(C(=O)NCc2ccc(S(N)(=O)=O)s2)oc2c(Cl)cccc12. The van der Waals surface area contributed by atoms with Crippen LogP contribution in [0.2, 0.25) is 5.02 Å². The highest BCUT2D eigenvalue weighted by atomic mass is 35.5. The van der Waals surface area contributed by atoms with Crippen LogP contribution in [0.3, 0.4) is 0 Å². The molecule has 0 radical (unpaired) electrons. The van der Waals surface area contributed by atoms with E-state index in [4.69, 9.17) is 21.2 Å². The number of carbonyl (C=O) groups excluding carboxylic acids is 1. The number of primary sulfonamides is 1. The quantitative estimate of drug-likeness (QED) is 0.721. The molecule has 24 heavy (non-hydrogen) atoms. The number of carbonyl (C=O) groups is 1. The third-order valence-electron chi connectivity index (χ3n) is 3.46. The van der Waals surface area contributed by atoms with Crippen molar-refractivity contribution in [1.82, 2.24) is 5.32 Å². The number of furan rings is 1. The maximum absolute atomic E-state index is 12.3. The number of halogens is 1. The van der Waals surface area contributed by atoms with Crippen molar-refractivity contribution in [2.24, 2.45) is 5.14 Å². The van der Waals surface area contributed by atoms with Gasteiger partial charge in [0.1, 0.15) is 4.21 Å². The summed E-state index contributed by atoms with van der Waals surface area (Å²) in [6, 6.07) is 8.32. The minimum absolute atomic E-state index is 0.0541. The molecule has 0 spiro atoms. The standard InChI is InChI=1S/C15H13ClN2O4S2/c1-8-10-3-2-4-11(16)14(10)22-13(8)15(19)18-7-9-5-6-12(23-9)24(17,20)21/h2-6H,7H2,1H3,(H,18,19)(H2,17,20,21). The number of aryl methyl sites for hydroxylation is 1. The number of nitrogens with one attached hydrogen (secondary N) is 1. The van der Waals surface area contributed by atoms with Crippen LogP contribution in [0.5, 0.6) is 0 Å². The Morgan fingerprint density at radius 1 is 1.33 bits per heavy atom. The van der Waals surface area contributed by atoms with Gasteiger partial charge < -0.3 is 9.73 Å². The maximum Gasteiger partial charge on any atom is 0.287 e. The summed E-state index contributed by atoms with van der Waals surface area (Å²) in [5.41, 5.74) is 1.16. The summed E-state index contributed by atoms with van der Waals surface area (Å²) >= 11 is 7.08. The Balaban J connectivity index is 1.80. The summed E-state index contributed by atoms with van der Waals surface area (Å²) in [4.78, 5) is 13.0. The van der Waals surface area contributed by atoms with Crippen LogP contribution in [0, 0.1) is 6.92 Å². The smallest absolute Gasteiger partial charge is 0.287 e.